The molecule has 0 radical (unpaired) electrons. The van der Waals surface area contributed by atoms with Crippen LogP contribution in [0.25, 0.3) is 0 Å². The lowest BCUT2D eigenvalue weighted by atomic mass is 10.1. The van der Waals surface area contributed by atoms with Gasteiger partial charge in [-0.1, -0.05) is 13.8 Å². The van der Waals surface area contributed by atoms with E-state index in [0.717, 1.165) is 12.8 Å². The first-order valence-corrected chi connectivity index (χ1v) is 6.71. The Bertz CT molecular complexity index is 292. The molecule has 18 heavy (non-hydrogen) atoms. The molecule has 1 fully saturated rings. The van der Waals surface area contributed by atoms with Crippen LogP contribution in [-0.4, -0.2) is 47.6 Å². The summed E-state index contributed by atoms with van der Waals surface area (Å²) in [5.41, 5.74) is 0. The van der Waals surface area contributed by atoms with Crippen molar-refractivity contribution in [3.05, 3.63) is 0 Å². The van der Waals surface area contributed by atoms with E-state index in [9.17, 15) is 14.7 Å². The van der Waals surface area contributed by atoms with Crippen molar-refractivity contribution in [2.45, 2.75) is 45.6 Å². The van der Waals surface area contributed by atoms with Crippen molar-refractivity contribution < 1.29 is 14.7 Å². The average molecular weight is 256 g/mol. The van der Waals surface area contributed by atoms with Gasteiger partial charge in [-0.2, -0.15) is 0 Å². The molecular weight excluding hydrogens is 232 g/mol. The van der Waals surface area contributed by atoms with Gasteiger partial charge in [0.25, 0.3) is 0 Å². The van der Waals surface area contributed by atoms with Crippen LogP contribution in [0, 0.1) is 5.92 Å². The van der Waals surface area contributed by atoms with Crippen LogP contribution >= 0.6 is 0 Å². The molecule has 0 aromatic rings. The molecule has 0 aromatic carbocycles. The second-order valence-corrected chi connectivity index (χ2v) is 5.36. The summed E-state index contributed by atoms with van der Waals surface area (Å²) in [6.45, 7) is 5.10. The van der Waals surface area contributed by atoms with E-state index in [1.165, 1.54) is 0 Å². The number of aliphatic hydroxyl groups excluding tert-OH is 1. The number of carbonyl (C=O) groups is 2. The Hall–Kier alpha value is -1.10. The van der Waals surface area contributed by atoms with Gasteiger partial charge >= 0.3 is 0 Å². The van der Waals surface area contributed by atoms with E-state index < -0.39 is 6.10 Å². The van der Waals surface area contributed by atoms with Crippen LogP contribution in [0.5, 0.6) is 0 Å². The molecule has 1 unspecified atom stereocenters. The predicted octanol–water partition coefficient (Wildman–Crippen LogP) is 0.522. The Morgan fingerprint density at radius 1 is 1.44 bits per heavy atom. The minimum Gasteiger partial charge on any atom is -0.391 e. The van der Waals surface area contributed by atoms with Crippen molar-refractivity contribution in [2.75, 3.05) is 19.6 Å². The van der Waals surface area contributed by atoms with Gasteiger partial charge in [0.1, 0.15) is 0 Å². The third-order valence-electron chi connectivity index (χ3n) is 3.03. The van der Waals surface area contributed by atoms with E-state index >= 15 is 0 Å². The molecule has 2 N–H and O–H groups in total. The first kappa shape index (κ1) is 15.0. The highest BCUT2D eigenvalue weighted by atomic mass is 16.3. The summed E-state index contributed by atoms with van der Waals surface area (Å²) >= 11 is 0. The third-order valence-corrected chi connectivity index (χ3v) is 3.03. The molecule has 0 saturated carbocycles. The largest absolute Gasteiger partial charge is 0.391 e. The van der Waals surface area contributed by atoms with Crippen LogP contribution in [0.3, 0.4) is 0 Å². The molecule has 1 atom stereocenters. The highest BCUT2D eigenvalue weighted by Crippen LogP contribution is 2.09. The number of aliphatic hydroxyl groups is 1. The summed E-state index contributed by atoms with van der Waals surface area (Å²) in [4.78, 5) is 24.7. The van der Waals surface area contributed by atoms with Gasteiger partial charge in [0.15, 0.2) is 0 Å². The number of piperidine rings is 1. The molecule has 1 heterocycles. The van der Waals surface area contributed by atoms with Crippen LogP contribution < -0.4 is 5.32 Å². The molecule has 0 spiro atoms. The van der Waals surface area contributed by atoms with Crippen LogP contribution in [0.2, 0.25) is 0 Å². The van der Waals surface area contributed by atoms with Gasteiger partial charge in [-0.3, -0.25) is 9.59 Å². The number of likely N-dealkylation sites (tertiary alicyclic amines) is 1. The predicted molar refractivity (Wildman–Crippen MR) is 68.9 cm³/mol. The molecule has 0 aliphatic carbocycles. The molecule has 1 aliphatic rings. The summed E-state index contributed by atoms with van der Waals surface area (Å²) in [5.74, 6) is 0.271. The number of amides is 2. The smallest absolute Gasteiger partial charge is 0.239 e. The molecular formula is C13H24N2O3. The summed E-state index contributed by atoms with van der Waals surface area (Å²) in [6, 6.07) is 0. The molecule has 5 heteroatoms. The zero-order valence-corrected chi connectivity index (χ0v) is 11.3. The molecule has 104 valence electrons. The highest BCUT2D eigenvalue weighted by Gasteiger charge is 2.20. The van der Waals surface area contributed by atoms with Crippen molar-refractivity contribution in [1.82, 2.24) is 10.2 Å². The number of hydrogen-bond acceptors (Lipinski definition) is 3. The normalized spacial score (nSPS) is 18.0. The van der Waals surface area contributed by atoms with Crippen molar-refractivity contribution >= 4 is 11.8 Å². The van der Waals surface area contributed by atoms with Crippen LogP contribution in [0.1, 0.15) is 39.5 Å². The van der Waals surface area contributed by atoms with Gasteiger partial charge in [-0.15, -0.1) is 0 Å². The maximum atomic E-state index is 11.6. The van der Waals surface area contributed by atoms with Crippen LogP contribution in [-0.2, 0) is 9.59 Å². The molecule has 1 saturated heterocycles. The summed E-state index contributed by atoms with van der Waals surface area (Å²) < 4.78 is 0. The fraction of sp³-hybridized carbons (Fsp3) is 0.846. The second kappa shape index (κ2) is 7.36. The second-order valence-electron chi connectivity index (χ2n) is 5.36. The van der Waals surface area contributed by atoms with Gasteiger partial charge in [-0.05, 0) is 25.2 Å². The third kappa shape index (κ3) is 5.49. The monoisotopic (exact) mass is 256 g/mol. The number of nitrogens with zero attached hydrogens (tertiary/aromatic N) is 1. The maximum absolute atomic E-state index is 11.6. The van der Waals surface area contributed by atoms with Crippen molar-refractivity contribution in [2.24, 2.45) is 5.92 Å². The minimum atomic E-state index is -0.508. The minimum absolute atomic E-state index is 0.0547. The first-order chi connectivity index (χ1) is 8.49. The number of rotatable bonds is 6. The van der Waals surface area contributed by atoms with E-state index in [2.05, 4.69) is 5.32 Å². The lowest BCUT2D eigenvalue weighted by molar-refractivity contribution is -0.137. The van der Waals surface area contributed by atoms with E-state index in [1.54, 1.807) is 4.90 Å². The van der Waals surface area contributed by atoms with Crippen molar-refractivity contribution in [3.63, 3.8) is 0 Å². The SMILES string of the molecule is CC(C)CC(O)CNC(=O)CN1CCCCC1=O. The fourth-order valence-electron chi connectivity index (χ4n) is 2.12. The molecule has 2 amide bonds. The van der Waals surface area contributed by atoms with Crippen LogP contribution in [0.4, 0.5) is 0 Å². The number of carbonyl (C=O) groups excluding carboxylic acids is 2. The standard InChI is InChI=1S/C13H24N2O3/c1-10(2)7-11(16)8-14-12(17)9-15-6-4-3-5-13(15)18/h10-11,16H,3-9H2,1-2H3,(H,14,17). The maximum Gasteiger partial charge on any atom is 0.239 e. The molecule has 0 aromatic heterocycles. The zero-order valence-electron chi connectivity index (χ0n) is 11.3. The lowest BCUT2D eigenvalue weighted by Gasteiger charge is -2.26. The molecule has 0 bridgehead atoms. The molecule has 1 rings (SSSR count). The lowest BCUT2D eigenvalue weighted by Crippen LogP contribution is -2.44. The zero-order chi connectivity index (χ0) is 13.5. The molecule has 5 nitrogen and oxygen atoms in total. The van der Waals surface area contributed by atoms with E-state index in [4.69, 9.17) is 0 Å². The van der Waals surface area contributed by atoms with E-state index in [0.29, 0.717) is 25.3 Å². The first-order valence-electron chi connectivity index (χ1n) is 6.71. The Morgan fingerprint density at radius 3 is 2.78 bits per heavy atom. The van der Waals surface area contributed by atoms with Gasteiger partial charge in [-0.25, -0.2) is 0 Å². The van der Waals surface area contributed by atoms with Crippen molar-refractivity contribution in [1.29, 1.82) is 0 Å². The Labute approximate surface area is 109 Å². The topological polar surface area (TPSA) is 69.6 Å². The van der Waals surface area contributed by atoms with Gasteiger partial charge in [0.2, 0.25) is 11.8 Å². The molecule has 1 aliphatic heterocycles. The fourth-order valence-corrected chi connectivity index (χ4v) is 2.12. The highest BCUT2D eigenvalue weighted by molar-refractivity contribution is 5.85. The van der Waals surface area contributed by atoms with Gasteiger partial charge in [0.05, 0.1) is 12.6 Å². The van der Waals surface area contributed by atoms with Gasteiger partial charge in [0, 0.05) is 19.5 Å². The quantitative estimate of drug-likeness (QED) is 0.728. The summed E-state index contributed by atoms with van der Waals surface area (Å²) in [6.07, 6.45) is 2.59. The van der Waals surface area contributed by atoms with Gasteiger partial charge < -0.3 is 15.3 Å². The average Bonchev–Trinajstić information content (AvgIpc) is 2.29. The van der Waals surface area contributed by atoms with Crippen LogP contribution in [0.15, 0.2) is 0 Å². The van der Waals surface area contributed by atoms with E-state index in [-0.39, 0.29) is 24.9 Å². The Morgan fingerprint density at radius 2 is 2.17 bits per heavy atom. The summed E-state index contributed by atoms with van der Waals surface area (Å²) in [7, 11) is 0. The number of nitrogens with one attached hydrogen (secondary N) is 1. The Balaban J connectivity index is 2.22. The Kier molecular flexibility index (Phi) is 6.12. The number of hydrogen-bond donors (Lipinski definition) is 2. The summed E-state index contributed by atoms with van der Waals surface area (Å²) in [5, 5.41) is 12.3. The van der Waals surface area contributed by atoms with Crippen molar-refractivity contribution in [3.8, 4) is 0 Å². The van der Waals surface area contributed by atoms with E-state index in [1.807, 2.05) is 13.8 Å².